The Bertz CT molecular complexity index is 137. The van der Waals surface area contributed by atoms with Gasteiger partial charge in [0.1, 0.15) is 6.29 Å². The van der Waals surface area contributed by atoms with Gasteiger partial charge in [-0.3, -0.25) is 9.59 Å². The molecule has 0 fully saturated rings. The monoisotopic (exact) mass is 128 g/mol. The highest BCUT2D eigenvalue weighted by Gasteiger charge is 1.97. The van der Waals surface area contributed by atoms with E-state index in [1.807, 2.05) is 0 Å². The number of aldehydes is 1. The smallest absolute Gasteiger partial charge is 0.303 e. The normalized spacial score (nSPS) is 8.44. The van der Waals surface area contributed by atoms with Crippen LogP contribution in [0, 0.1) is 0 Å². The highest BCUT2D eigenvalue weighted by Crippen LogP contribution is 1.97. The first-order chi connectivity index (χ1) is 4.16. The summed E-state index contributed by atoms with van der Waals surface area (Å²) in [6.07, 6.45) is 0.805. The molecule has 0 atom stereocenters. The van der Waals surface area contributed by atoms with E-state index in [1.54, 1.807) is 0 Å². The van der Waals surface area contributed by atoms with Crippen LogP contribution in [0.3, 0.4) is 0 Å². The van der Waals surface area contributed by atoms with E-state index in [0.717, 1.165) is 0 Å². The maximum atomic E-state index is 9.86. The summed E-state index contributed by atoms with van der Waals surface area (Å²) >= 11 is 0. The Balaban J connectivity index is 3.39. The molecule has 0 radical (unpaired) electrons. The van der Waals surface area contributed by atoms with Crippen molar-refractivity contribution < 1.29 is 14.7 Å². The summed E-state index contributed by atoms with van der Waals surface area (Å²) in [5.74, 6) is -0.905. The second-order valence-corrected chi connectivity index (χ2v) is 1.67. The molecule has 0 bridgehead atoms. The molecule has 0 heterocycles. The zero-order chi connectivity index (χ0) is 7.28. The van der Waals surface area contributed by atoms with Gasteiger partial charge in [-0.2, -0.15) is 0 Å². The molecule has 0 aliphatic heterocycles. The molecule has 0 aliphatic carbocycles. The van der Waals surface area contributed by atoms with Gasteiger partial charge >= 0.3 is 5.97 Å². The second kappa shape index (κ2) is 3.83. The van der Waals surface area contributed by atoms with Gasteiger partial charge in [-0.25, -0.2) is 0 Å². The van der Waals surface area contributed by atoms with Gasteiger partial charge in [-0.15, -0.1) is 0 Å². The Hall–Kier alpha value is -1.12. The highest BCUT2D eigenvalue weighted by atomic mass is 16.4. The van der Waals surface area contributed by atoms with Crippen molar-refractivity contribution in [1.82, 2.24) is 0 Å². The first-order valence-corrected chi connectivity index (χ1v) is 2.51. The molecule has 50 valence electrons. The third kappa shape index (κ3) is 4.74. The Kier molecular flexibility index (Phi) is 3.35. The molecule has 3 nitrogen and oxygen atoms in total. The molecule has 0 saturated carbocycles. The zero-order valence-electron chi connectivity index (χ0n) is 4.96. The number of carbonyl (C=O) groups excluding carboxylic acids is 1. The van der Waals surface area contributed by atoms with Crippen LogP contribution < -0.4 is 0 Å². The van der Waals surface area contributed by atoms with Crippen LogP contribution in [0.1, 0.15) is 12.8 Å². The molecule has 0 saturated heterocycles. The molecule has 0 rings (SSSR count). The fourth-order valence-corrected chi connectivity index (χ4v) is 0.326. The number of carboxylic acid groups (broad SMARTS) is 1. The molecule has 1 N–H and O–H groups in total. The van der Waals surface area contributed by atoms with E-state index < -0.39 is 5.97 Å². The lowest BCUT2D eigenvalue weighted by molar-refractivity contribution is -0.136. The molecule has 3 heteroatoms. The average Bonchev–Trinajstić information content (AvgIpc) is 1.83. The van der Waals surface area contributed by atoms with Crippen LogP contribution in [0.15, 0.2) is 12.2 Å². The maximum Gasteiger partial charge on any atom is 0.303 e. The average molecular weight is 128 g/mol. The van der Waals surface area contributed by atoms with Gasteiger partial charge in [0.25, 0.3) is 0 Å². The van der Waals surface area contributed by atoms with Crippen LogP contribution in [-0.4, -0.2) is 17.4 Å². The number of hydrogen-bond acceptors (Lipinski definition) is 2. The molecule has 0 amide bonds. The lowest BCUT2D eigenvalue weighted by Gasteiger charge is -1.89. The topological polar surface area (TPSA) is 54.4 Å². The summed E-state index contributed by atoms with van der Waals surface area (Å²) in [4.78, 5) is 19.7. The van der Waals surface area contributed by atoms with E-state index in [-0.39, 0.29) is 12.8 Å². The molecule has 0 aromatic carbocycles. The SMILES string of the molecule is C=C(C=O)CCC(=O)O. The summed E-state index contributed by atoms with van der Waals surface area (Å²) < 4.78 is 0. The van der Waals surface area contributed by atoms with Crippen molar-refractivity contribution >= 4 is 12.3 Å². The predicted molar refractivity (Wildman–Crippen MR) is 32.1 cm³/mol. The zero-order valence-corrected chi connectivity index (χ0v) is 4.96. The summed E-state index contributed by atoms with van der Waals surface area (Å²) in [6, 6.07) is 0. The van der Waals surface area contributed by atoms with Crippen LogP contribution in [0.2, 0.25) is 0 Å². The standard InChI is InChI=1S/C6H8O3/c1-5(4-7)2-3-6(8)9/h4H,1-3H2,(H,8,9). The summed E-state index contributed by atoms with van der Waals surface area (Å²) in [6.45, 7) is 3.31. The molecule has 0 spiro atoms. The molecule has 0 aromatic rings. The molecule has 0 aliphatic rings. The summed E-state index contributed by atoms with van der Waals surface area (Å²) in [5, 5.41) is 8.10. The van der Waals surface area contributed by atoms with Crippen molar-refractivity contribution in [2.45, 2.75) is 12.8 Å². The number of carbonyl (C=O) groups is 2. The van der Waals surface area contributed by atoms with Gasteiger partial charge < -0.3 is 5.11 Å². The van der Waals surface area contributed by atoms with Crippen LogP contribution >= 0.6 is 0 Å². The van der Waals surface area contributed by atoms with Crippen LogP contribution in [0.25, 0.3) is 0 Å². The third-order valence-corrected chi connectivity index (χ3v) is 0.827. The van der Waals surface area contributed by atoms with Crippen molar-refractivity contribution in [2.75, 3.05) is 0 Å². The van der Waals surface area contributed by atoms with Gasteiger partial charge in [0, 0.05) is 6.42 Å². The molecule has 0 unspecified atom stereocenters. The van der Waals surface area contributed by atoms with Gasteiger partial charge in [0.15, 0.2) is 0 Å². The first-order valence-electron chi connectivity index (χ1n) is 2.51. The van der Waals surface area contributed by atoms with E-state index in [4.69, 9.17) is 5.11 Å². The third-order valence-electron chi connectivity index (χ3n) is 0.827. The van der Waals surface area contributed by atoms with Crippen molar-refractivity contribution in [3.05, 3.63) is 12.2 Å². The van der Waals surface area contributed by atoms with Crippen LogP contribution in [-0.2, 0) is 9.59 Å². The van der Waals surface area contributed by atoms with Gasteiger partial charge in [-0.05, 0) is 12.0 Å². The van der Waals surface area contributed by atoms with Crippen molar-refractivity contribution in [3.8, 4) is 0 Å². The Labute approximate surface area is 53.0 Å². The number of hydrogen-bond donors (Lipinski definition) is 1. The minimum Gasteiger partial charge on any atom is -0.481 e. The van der Waals surface area contributed by atoms with E-state index >= 15 is 0 Å². The van der Waals surface area contributed by atoms with Crippen LogP contribution in [0.5, 0.6) is 0 Å². The lowest BCUT2D eigenvalue weighted by atomic mass is 10.2. The maximum absolute atomic E-state index is 9.86. The quantitative estimate of drug-likeness (QED) is 0.445. The minimum absolute atomic E-state index is 0.0163. The Morgan fingerprint density at radius 1 is 1.56 bits per heavy atom. The van der Waals surface area contributed by atoms with E-state index in [1.165, 1.54) is 0 Å². The summed E-state index contributed by atoms with van der Waals surface area (Å²) in [5.41, 5.74) is 0.331. The van der Waals surface area contributed by atoms with Gasteiger partial charge in [0.05, 0.1) is 0 Å². The van der Waals surface area contributed by atoms with E-state index in [2.05, 4.69) is 6.58 Å². The molecule has 9 heavy (non-hydrogen) atoms. The van der Waals surface area contributed by atoms with E-state index in [0.29, 0.717) is 11.9 Å². The van der Waals surface area contributed by atoms with Crippen molar-refractivity contribution in [3.63, 3.8) is 0 Å². The molecular weight excluding hydrogens is 120 g/mol. The molecule has 0 aromatic heterocycles. The fraction of sp³-hybridized carbons (Fsp3) is 0.333. The first kappa shape index (κ1) is 7.88. The van der Waals surface area contributed by atoms with Gasteiger partial charge in [0.2, 0.25) is 0 Å². The highest BCUT2D eigenvalue weighted by molar-refractivity contribution is 5.74. The largest absolute Gasteiger partial charge is 0.481 e. The summed E-state index contributed by atoms with van der Waals surface area (Å²) in [7, 11) is 0. The van der Waals surface area contributed by atoms with Gasteiger partial charge in [-0.1, -0.05) is 6.58 Å². The number of aliphatic carboxylic acids is 1. The number of carboxylic acids is 1. The van der Waals surface area contributed by atoms with Crippen LogP contribution in [0.4, 0.5) is 0 Å². The minimum atomic E-state index is -0.905. The van der Waals surface area contributed by atoms with Crippen molar-refractivity contribution in [2.24, 2.45) is 0 Å². The Morgan fingerprint density at radius 2 is 2.11 bits per heavy atom. The van der Waals surface area contributed by atoms with Crippen molar-refractivity contribution in [1.29, 1.82) is 0 Å². The number of allylic oxidation sites excluding steroid dienone is 1. The lowest BCUT2D eigenvalue weighted by Crippen LogP contribution is -1.95. The number of rotatable bonds is 4. The predicted octanol–water partition coefficient (Wildman–Crippen LogP) is 0.606. The Morgan fingerprint density at radius 3 is 2.44 bits per heavy atom. The second-order valence-electron chi connectivity index (χ2n) is 1.67. The fourth-order valence-electron chi connectivity index (χ4n) is 0.326. The van der Waals surface area contributed by atoms with E-state index in [9.17, 15) is 9.59 Å². The molecular formula is C6H8O3.